The molecule has 1 aromatic rings. The van der Waals surface area contributed by atoms with E-state index in [2.05, 4.69) is 25.3 Å². The Bertz CT molecular complexity index is 355. The molecule has 0 spiro atoms. The van der Waals surface area contributed by atoms with E-state index in [9.17, 15) is 4.79 Å². The number of aliphatic carboxylic acids is 1. The fourth-order valence-corrected chi connectivity index (χ4v) is 0.889. The zero-order valence-corrected chi connectivity index (χ0v) is 9.68. The highest BCUT2D eigenvalue weighted by Crippen LogP contribution is 2.12. The second-order valence-corrected chi connectivity index (χ2v) is 3.25. The average molecular weight is 219 g/mol. The van der Waals surface area contributed by atoms with Crippen LogP contribution in [0.2, 0.25) is 0 Å². The Balaban J connectivity index is 0.000000385. The molecule has 0 aromatic heterocycles. The van der Waals surface area contributed by atoms with Gasteiger partial charge in [-0.05, 0) is 5.56 Å². The van der Waals surface area contributed by atoms with Gasteiger partial charge >= 0.3 is 5.97 Å². The van der Waals surface area contributed by atoms with Crippen LogP contribution in [-0.2, 0) is 4.79 Å². The van der Waals surface area contributed by atoms with Gasteiger partial charge in [0.2, 0.25) is 0 Å². The Morgan fingerprint density at radius 3 is 2.06 bits per heavy atom. The molecule has 1 rings (SSSR count). The molecule has 0 atom stereocenters. The first kappa shape index (κ1) is 14.0. The molecule has 0 fully saturated rings. The van der Waals surface area contributed by atoms with Gasteiger partial charge in [-0.25, -0.2) is 4.79 Å². The van der Waals surface area contributed by atoms with E-state index in [0.29, 0.717) is 0 Å². The summed E-state index contributed by atoms with van der Waals surface area (Å²) in [6, 6.07) is 10.2. The molecular formula is C13H17NO2. The van der Waals surface area contributed by atoms with Crippen molar-refractivity contribution < 1.29 is 9.90 Å². The van der Waals surface area contributed by atoms with Gasteiger partial charge in [0.05, 0.1) is 0 Å². The van der Waals surface area contributed by atoms with Gasteiger partial charge in [-0.2, -0.15) is 0 Å². The van der Waals surface area contributed by atoms with E-state index >= 15 is 0 Å². The third-order valence-electron chi connectivity index (χ3n) is 1.82. The average Bonchev–Trinajstić information content (AvgIpc) is 2.29. The molecule has 0 saturated heterocycles. The summed E-state index contributed by atoms with van der Waals surface area (Å²) in [5.74, 6) is -0.981. The normalized spacial score (nSPS) is 8.38. The standard InChI is InChI=1S/C10H13N.C3H4O2/c1-9(11(2)3)10-7-5-4-6-8-10;1-2-3(4)5/h4-8H,1H2,2-3H3;2H,1H2,(H,4,5). The largest absolute Gasteiger partial charge is 0.478 e. The second-order valence-electron chi connectivity index (χ2n) is 3.25. The van der Waals surface area contributed by atoms with E-state index in [1.54, 1.807) is 0 Å². The molecule has 0 bridgehead atoms. The lowest BCUT2D eigenvalue weighted by Crippen LogP contribution is -2.08. The summed E-state index contributed by atoms with van der Waals surface area (Å²) in [5, 5.41) is 7.60. The minimum Gasteiger partial charge on any atom is -0.478 e. The van der Waals surface area contributed by atoms with Gasteiger partial charge in [-0.15, -0.1) is 0 Å². The van der Waals surface area contributed by atoms with Crippen LogP contribution in [0.5, 0.6) is 0 Å². The van der Waals surface area contributed by atoms with Gasteiger partial charge in [0.15, 0.2) is 0 Å². The summed E-state index contributed by atoms with van der Waals surface area (Å²) < 4.78 is 0. The number of rotatable bonds is 3. The number of carboxylic acids is 1. The van der Waals surface area contributed by atoms with Gasteiger partial charge in [0.1, 0.15) is 0 Å². The van der Waals surface area contributed by atoms with Crippen molar-refractivity contribution in [3.8, 4) is 0 Å². The van der Waals surface area contributed by atoms with Crippen LogP contribution >= 0.6 is 0 Å². The summed E-state index contributed by atoms with van der Waals surface area (Å²) in [6.07, 6.45) is 0.833. The van der Waals surface area contributed by atoms with Crippen molar-refractivity contribution in [1.29, 1.82) is 0 Å². The molecule has 3 heteroatoms. The monoisotopic (exact) mass is 219 g/mol. The zero-order chi connectivity index (χ0) is 12.6. The molecule has 0 aliphatic carbocycles. The smallest absolute Gasteiger partial charge is 0.327 e. The maximum atomic E-state index is 9.25. The van der Waals surface area contributed by atoms with Crippen molar-refractivity contribution in [1.82, 2.24) is 4.90 Å². The van der Waals surface area contributed by atoms with Crippen molar-refractivity contribution in [2.45, 2.75) is 0 Å². The fourth-order valence-electron chi connectivity index (χ4n) is 0.889. The summed E-state index contributed by atoms with van der Waals surface area (Å²) in [5.41, 5.74) is 2.23. The maximum absolute atomic E-state index is 9.25. The molecule has 0 heterocycles. The quantitative estimate of drug-likeness (QED) is 0.794. The van der Waals surface area contributed by atoms with Gasteiger partial charge in [0.25, 0.3) is 0 Å². The fraction of sp³-hybridized carbons (Fsp3) is 0.154. The molecule has 0 aliphatic heterocycles. The number of carboxylic acid groups (broad SMARTS) is 1. The molecule has 0 saturated carbocycles. The van der Waals surface area contributed by atoms with Crippen molar-refractivity contribution in [2.24, 2.45) is 0 Å². The minimum absolute atomic E-state index is 0.833. The van der Waals surface area contributed by atoms with Crippen molar-refractivity contribution in [3.63, 3.8) is 0 Å². The van der Waals surface area contributed by atoms with E-state index in [-0.39, 0.29) is 0 Å². The highest BCUT2D eigenvalue weighted by molar-refractivity contribution is 5.78. The molecular weight excluding hydrogens is 202 g/mol. The lowest BCUT2D eigenvalue weighted by atomic mass is 10.2. The highest BCUT2D eigenvalue weighted by Gasteiger charge is 1.97. The Morgan fingerprint density at radius 2 is 1.75 bits per heavy atom. The molecule has 0 aliphatic rings. The zero-order valence-electron chi connectivity index (χ0n) is 9.68. The number of benzene rings is 1. The van der Waals surface area contributed by atoms with Gasteiger partial charge < -0.3 is 10.0 Å². The summed E-state index contributed by atoms with van der Waals surface area (Å²) in [7, 11) is 3.99. The van der Waals surface area contributed by atoms with Crippen LogP contribution in [0.1, 0.15) is 5.56 Å². The minimum atomic E-state index is -0.981. The second kappa shape index (κ2) is 7.29. The first-order valence-electron chi connectivity index (χ1n) is 4.76. The van der Waals surface area contributed by atoms with Crippen LogP contribution < -0.4 is 0 Å². The Labute approximate surface area is 96.3 Å². The van der Waals surface area contributed by atoms with Crippen LogP contribution in [0, 0.1) is 0 Å². The molecule has 86 valence electrons. The van der Waals surface area contributed by atoms with Crippen molar-refractivity contribution in [2.75, 3.05) is 14.1 Å². The van der Waals surface area contributed by atoms with Gasteiger partial charge in [-0.3, -0.25) is 0 Å². The van der Waals surface area contributed by atoms with E-state index in [1.807, 2.05) is 37.2 Å². The van der Waals surface area contributed by atoms with E-state index in [0.717, 1.165) is 11.8 Å². The number of hydrogen-bond acceptors (Lipinski definition) is 2. The van der Waals surface area contributed by atoms with E-state index in [4.69, 9.17) is 5.11 Å². The molecule has 1 aromatic carbocycles. The van der Waals surface area contributed by atoms with Gasteiger partial charge in [0, 0.05) is 25.9 Å². The van der Waals surface area contributed by atoms with Gasteiger partial charge in [-0.1, -0.05) is 43.5 Å². The highest BCUT2D eigenvalue weighted by atomic mass is 16.4. The van der Waals surface area contributed by atoms with Crippen molar-refractivity contribution >= 4 is 11.7 Å². The van der Waals surface area contributed by atoms with Crippen LogP contribution in [0.15, 0.2) is 49.6 Å². The molecule has 0 amide bonds. The third kappa shape index (κ3) is 5.65. The van der Waals surface area contributed by atoms with Crippen LogP contribution in [0.4, 0.5) is 0 Å². The first-order chi connectivity index (χ1) is 7.49. The Morgan fingerprint density at radius 1 is 1.31 bits per heavy atom. The van der Waals surface area contributed by atoms with Crippen LogP contribution in [-0.4, -0.2) is 30.1 Å². The number of hydrogen-bond donors (Lipinski definition) is 1. The first-order valence-corrected chi connectivity index (χ1v) is 4.76. The Hall–Kier alpha value is -2.03. The summed E-state index contributed by atoms with van der Waals surface area (Å²) in [4.78, 5) is 11.3. The van der Waals surface area contributed by atoms with E-state index < -0.39 is 5.97 Å². The predicted octanol–water partition coefficient (Wildman–Crippen LogP) is 2.48. The SMILES string of the molecule is C=C(c1ccccc1)N(C)C.C=CC(=O)O. The lowest BCUT2D eigenvalue weighted by Gasteiger charge is -2.15. The molecule has 3 nitrogen and oxygen atoms in total. The van der Waals surface area contributed by atoms with E-state index in [1.165, 1.54) is 5.56 Å². The number of carbonyl (C=O) groups is 1. The Kier molecular flexibility index (Phi) is 6.36. The summed E-state index contributed by atoms with van der Waals surface area (Å²) >= 11 is 0. The molecule has 0 unspecified atom stereocenters. The van der Waals surface area contributed by atoms with Crippen molar-refractivity contribution in [3.05, 3.63) is 55.1 Å². The predicted molar refractivity (Wildman–Crippen MR) is 67.0 cm³/mol. The topological polar surface area (TPSA) is 40.5 Å². The molecule has 1 N–H and O–H groups in total. The number of nitrogens with zero attached hydrogens (tertiary/aromatic N) is 1. The lowest BCUT2D eigenvalue weighted by molar-refractivity contribution is -0.131. The van der Waals surface area contributed by atoms with Crippen LogP contribution in [0.25, 0.3) is 5.70 Å². The molecule has 16 heavy (non-hydrogen) atoms. The third-order valence-corrected chi connectivity index (χ3v) is 1.82. The summed E-state index contributed by atoms with van der Waals surface area (Å²) in [6.45, 7) is 6.91. The maximum Gasteiger partial charge on any atom is 0.327 e. The van der Waals surface area contributed by atoms with Crippen LogP contribution in [0.3, 0.4) is 0 Å². The molecule has 0 radical (unpaired) electrons.